The second-order valence-corrected chi connectivity index (χ2v) is 7.48. The Morgan fingerprint density at radius 3 is 2.48 bits per heavy atom. The number of carbonyl (C=O) groups is 1. The first-order chi connectivity index (χ1) is 12.7. The molecule has 3 aromatic rings. The first-order valence-electron chi connectivity index (χ1n) is 8.63. The fourth-order valence-corrected chi connectivity index (χ4v) is 2.76. The Hall–Kier alpha value is -3.15. The first-order valence-corrected chi connectivity index (χ1v) is 8.63. The minimum absolute atomic E-state index is 0.134. The number of carboxylic acids is 1. The number of hydrogen-bond acceptors (Lipinski definition) is 3. The summed E-state index contributed by atoms with van der Waals surface area (Å²) in [7, 11) is 0. The number of nitrogens with one attached hydrogen (secondary N) is 1. The molecule has 1 aromatic heterocycles. The van der Waals surface area contributed by atoms with Gasteiger partial charge in [0.15, 0.2) is 0 Å². The highest BCUT2D eigenvalue weighted by molar-refractivity contribution is 5.95. The quantitative estimate of drug-likeness (QED) is 0.676. The van der Waals surface area contributed by atoms with E-state index in [9.17, 15) is 14.3 Å². The van der Waals surface area contributed by atoms with Crippen LogP contribution in [0, 0.1) is 12.7 Å². The Kier molecular flexibility index (Phi) is 4.74. The van der Waals surface area contributed by atoms with E-state index in [2.05, 4.69) is 26.1 Å². The van der Waals surface area contributed by atoms with Crippen LogP contribution in [0.15, 0.2) is 48.5 Å². The van der Waals surface area contributed by atoms with Gasteiger partial charge in [-0.1, -0.05) is 39.0 Å². The van der Waals surface area contributed by atoms with Crippen molar-refractivity contribution in [1.29, 1.82) is 0 Å². The van der Waals surface area contributed by atoms with Gasteiger partial charge in [-0.15, -0.1) is 0 Å². The van der Waals surface area contributed by atoms with Gasteiger partial charge >= 0.3 is 5.97 Å². The number of para-hydroxylation sites is 1. The first kappa shape index (κ1) is 18.6. The van der Waals surface area contributed by atoms with Gasteiger partial charge in [-0.2, -0.15) is 5.10 Å². The molecule has 0 radical (unpaired) electrons. The summed E-state index contributed by atoms with van der Waals surface area (Å²) in [6.45, 7) is 8.16. The van der Waals surface area contributed by atoms with Gasteiger partial charge in [0.25, 0.3) is 0 Å². The summed E-state index contributed by atoms with van der Waals surface area (Å²) >= 11 is 0. The second-order valence-electron chi connectivity index (χ2n) is 7.48. The lowest BCUT2D eigenvalue weighted by molar-refractivity contribution is 0.0697. The Balaban J connectivity index is 2.15. The maximum absolute atomic E-state index is 13.5. The highest BCUT2D eigenvalue weighted by Gasteiger charge is 2.22. The average Bonchev–Trinajstić information content (AvgIpc) is 3.00. The average molecular weight is 367 g/mol. The number of rotatable bonds is 4. The number of aromatic carboxylic acids is 1. The van der Waals surface area contributed by atoms with Gasteiger partial charge in [0.05, 0.1) is 22.6 Å². The van der Waals surface area contributed by atoms with Crippen LogP contribution in [0.4, 0.5) is 15.9 Å². The van der Waals surface area contributed by atoms with Crippen LogP contribution in [0.1, 0.15) is 42.4 Å². The van der Waals surface area contributed by atoms with Crippen molar-refractivity contribution in [2.75, 3.05) is 5.32 Å². The molecule has 0 aliphatic rings. The van der Waals surface area contributed by atoms with Gasteiger partial charge < -0.3 is 10.4 Å². The van der Waals surface area contributed by atoms with E-state index >= 15 is 0 Å². The molecule has 0 saturated heterocycles. The molecule has 5 nitrogen and oxygen atoms in total. The van der Waals surface area contributed by atoms with Crippen LogP contribution >= 0.6 is 0 Å². The molecule has 0 amide bonds. The van der Waals surface area contributed by atoms with E-state index in [4.69, 9.17) is 5.10 Å². The number of halogens is 1. The number of aryl methyl sites for hydroxylation is 1. The molecule has 140 valence electrons. The fourth-order valence-electron chi connectivity index (χ4n) is 2.76. The SMILES string of the molecule is Cc1ccccc1-n1nc(C(C)(C)C)cc1Nc1ccc(F)cc1C(=O)O. The van der Waals surface area contributed by atoms with Crippen LogP contribution in [0.3, 0.4) is 0 Å². The molecule has 0 spiro atoms. The van der Waals surface area contributed by atoms with E-state index in [0.29, 0.717) is 11.5 Å². The highest BCUT2D eigenvalue weighted by Crippen LogP contribution is 2.30. The summed E-state index contributed by atoms with van der Waals surface area (Å²) < 4.78 is 15.3. The lowest BCUT2D eigenvalue weighted by Crippen LogP contribution is -2.13. The molecule has 1 heterocycles. The number of hydrogen-bond donors (Lipinski definition) is 2. The summed E-state index contributed by atoms with van der Waals surface area (Å²) in [4.78, 5) is 11.5. The number of anilines is 2. The van der Waals surface area contributed by atoms with E-state index in [1.165, 1.54) is 12.1 Å². The van der Waals surface area contributed by atoms with Crippen LogP contribution < -0.4 is 5.32 Å². The van der Waals surface area contributed by atoms with Crippen molar-refractivity contribution in [1.82, 2.24) is 9.78 Å². The van der Waals surface area contributed by atoms with Gasteiger partial charge in [0, 0.05) is 11.5 Å². The van der Waals surface area contributed by atoms with Crippen molar-refractivity contribution >= 4 is 17.5 Å². The Morgan fingerprint density at radius 2 is 1.85 bits per heavy atom. The van der Waals surface area contributed by atoms with Gasteiger partial charge in [-0.3, -0.25) is 0 Å². The standard InChI is InChI=1S/C21H22FN3O2/c1-13-7-5-6-8-17(13)25-19(12-18(24-25)21(2,3)4)23-16-10-9-14(22)11-15(16)20(26)27/h5-12,23H,1-4H3,(H,26,27). The minimum Gasteiger partial charge on any atom is -0.478 e. The Labute approximate surface area is 157 Å². The number of carboxylic acid groups (broad SMARTS) is 1. The predicted molar refractivity (Wildman–Crippen MR) is 104 cm³/mol. The van der Waals surface area contributed by atoms with Crippen molar-refractivity contribution in [3.63, 3.8) is 0 Å². The van der Waals surface area contributed by atoms with Crippen LogP contribution in [-0.4, -0.2) is 20.9 Å². The van der Waals surface area contributed by atoms with Crippen LogP contribution in [0.2, 0.25) is 0 Å². The normalized spacial score (nSPS) is 11.4. The van der Waals surface area contributed by atoms with Crippen LogP contribution in [0.5, 0.6) is 0 Å². The molecule has 0 fully saturated rings. The van der Waals surface area contributed by atoms with E-state index in [0.717, 1.165) is 23.0 Å². The Morgan fingerprint density at radius 1 is 1.15 bits per heavy atom. The van der Waals surface area contributed by atoms with E-state index in [1.807, 2.05) is 37.3 Å². The van der Waals surface area contributed by atoms with Crippen molar-refractivity contribution in [2.24, 2.45) is 0 Å². The van der Waals surface area contributed by atoms with Crippen molar-refractivity contribution in [3.8, 4) is 5.69 Å². The van der Waals surface area contributed by atoms with Crippen molar-refractivity contribution in [2.45, 2.75) is 33.1 Å². The molecule has 0 aliphatic carbocycles. The summed E-state index contributed by atoms with van der Waals surface area (Å²) in [6.07, 6.45) is 0. The van der Waals surface area contributed by atoms with E-state index < -0.39 is 11.8 Å². The fraction of sp³-hybridized carbons (Fsp3) is 0.238. The molecular weight excluding hydrogens is 345 g/mol. The van der Waals surface area contributed by atoms with E-state index in [-0.39, 0.29) is 11.0 Å². The maximum Gasteiger partial charge on any atom is 0.337 e. The molecular formula is C21H22FN3O2. The number of benzene rings is 2. The summed E-state index contributed by atoms with van der Waals surface area (Å²) in [5, 5.41) is 17.3. The lowest BCUT2D eigenvalue weighted by Gasteiger charge is -2.14. The molecule has 0 atom stereocenters. The third-order valence-electron chi connectivity index (χ3n) is 4.30. The Bertz CT molecular complexity index is 1000. The molecule has 2 N–H and O–H groups in total. The zero-order valence-electron chi connectivity index (χ0n) is 15.7. The van der Waals surface area contributed by atoms with Gasteiger partial charge in [0.1, 0.15) is 11.6 Å². The lowest BCUT2D eigenvalue weighted by atomic mass is 9.92. The third kappa shape index (κ3) is 3.84. The second kappa shape index (κ2) is 6.87. The van der Waals surface area contributed by atoms with Crippen LogP contribution in [-0.2, 0) is 5.41 Å². The number of aromatic nitrogens is 2. The van der Waals surface area contributed by atoms with Crippen molar-refractivity contribution in [3.05, 3.63) is 71.2 Å². The molecule has 2 aromatic carbocycles. The zero-order valence-corrected chi connectivity index (χ0v) is 15.7. The maximum atomic E-state index is 13.5. The van der Waals surface area contributed by atoms with Crippen LogP contribution in [0.25, 0.3) is 5.69 Å². The predicted octanol–water partition coefficient (Wildman–Crippen LogP) is 5.06. The molecule has 0 bridgehead atoms. The summed E-state index contributed by atoms with van der Waals surface area (Å²) in [5.41, 5.74) is 2.75. The molecule has 3 rings (SSSR count). The van der Waals surface area contributed by atoms with Gasteiger partial charge in [-0.05, 0) is 36.8 Å². The topological polar surface area (TPSA) is 67.2 Å². The van der Waals surface area contributed by atoms with Gasteiger partial charge in [0.2, 0.25) is 0 Å². The molecule has 0 unspecified atom stereocenters. The number of nitrogens with zero attached hydrogens (tertiary/aromatic N) is 2. The minimum atomic E-state index is -1.20. The monoisotopic (exact) mass is 367 g/mol. The summed E-state index contributed by atoms with van der Waals surface area (Å²) in [5.74, 6) is -1.18. The molecule has 0 saturated carbocycles. The zero-order chi connectivity index (χ0) is 19.8. The molecule has 27 heavy (non-hydrogen) atoms. The largest absolute Gasteiger partial charge is 0.478 e. The third-order valence-corrected chi connectivity index (χ3v) is 4.30. The smallest absolute Gasteiger partial charge is 0.337 e. The molecule has 0 aliphatic heterocycles. The molecule has 6 heteroatoms. The van der Waals surface area contributed by atoms with E-state index in [1.54, 1.807) is 4.68 Å². The highest BCUT2D eigenvalue weighted by atomic mass is 19.1. The summed E-state index contributed by atoms with van der Waals surface area (Å²) in [6, 6.07) is 13.3. The van der Waals surface area contributed by atoms with Gasteiger partial charge in [-0.25, -0.2) is 13.9 Å². The van der Waals surface area contributed by atoms with Crippen molar-refractivity contribution < 1.29 is 14.3 Å².